The second kappa shape index (κ2) is 7.00. The van der Waals surface area contributed by atoms with E-state index in [0.29, 0.717) is 0 Å². The van der Waals surface area contributed by atoms with Crippen molar-refractivity contribution in [2.45, 2.75) is 24.4 Å². The highest BCUT2D eigenvalue weighted by Crippen LogP contribution is 2.64. The molecule has 3 nitrogen and oxygen atoms in total. The van der Waals surface area contributed by atoms with Crippen LogP contribution in [-0.4, -0.2) is 17.9 Å². The van der Waals surface area contributed by atoms with Gasteiger partial charge in [0.05, 0.1) is 18.2 Å². The molecule has 0 saturated carbocycles. The van der Waals surface area contributed by atoms with E-state index in [1.807, 2.05) is 72.8 Å². The van der Waals surface area contributed by atoms with Crippen molar-refractivity contribution in [1.82, 2.24) is 0 Å². The van der Waals surface area contributed by atoms with E-state index in [1.54, 1.807) is 7.11 Å². The molecule has 0 N–H and O–H groups in total. The molecule has 2 heterocycles. The van der Waals surface area contributed by atoms with E-state index in [1.165, 1.54) is 0 Å². The summed E-state index contributed by atoms with van der Waals surface area (Å²) < 4.78 is 11.9. The zero-order chi connectivity index (χ0) is 21.7. The van der Waals surface area contributed by atoms with Crippen molar-refractivity contribution in [3.63, 3.8) is 0 Å². The largest absolute Gasteiger partial charge is 0.497 e. The fourth-order valence-corrected chi connectivity index (χ4v) is 5.04. The lowest BCUT2D eigenvalue weighted by atomic mass is 9.72. The van der Waals surface area contributed by atoms with Crippen LogP contribution in [0.1, 0.15) is 30.5 Å². The molecule has 0 bridgehead atoms. The van der Waals surface area contributed by atoms with Gasteiger partial charge in [0.2, 0.25) is 5.06 Å². The molecule has 0 aromatic heterocycles. The number of aliphatic imine (C=N–C) groups is 1. The Morgan fingerprint density at radius 1 is 0.806 bits per heavy atom. The molecule has 2 atom stereocenters. The Bertz CT molecular complexity index is 1170. The van der Waals surface area contributed by atoms with E-state index in [4.69, 9.17) is 26.1 Å². The Hall–Kier alpha value is -3.04. The number of hydrogen-bond donors (Lipinski definition) is 0. The number of rotatable bonds is 4. The van der Waals surface area contributed by atoms with Crippen molar-refractivity contribution in [3.05, 3.63) is 108 Å². The van der Waals surface area contributed by atoms with Crippen molar-refractivity contribution in [2.24, 2.45) is 10.4 Å². The van der Waals surface area contributed by atoms with Gasteiger partial charge in [-0.05, 0) is 55.3 Å². The minimum absolute atomic E-state index is 0.577. The van der Waals surface area contributed by atoms with Gasteiger partial charge in [-0.2, -0.15) is 0 Å². The molecule has 156 valence electrons. The lowest BCUT2D eigenvalue weighted by Crippen LogP contribution is -2.50. The van der Waals surface area contributed by atoms with E-state index < -0.39 is 16.0 Å². The summed E-state index contributed by atoms with van der Waals surface area (Å²) in [7, 11) is 1.67. The van der Waals surface area contributed by atoms with Crippen molar-refractivity contribution in [2.75, 3.05) is 7.11 Å². The molecule has 0 fully saturated rings. The van der Waals surface area contributed by atoms with Gasteiger partial charge in [0.25, 0.3) is 0 Å². The van der Waals surface area contributed by atoms with Crippen LogP contribution >= 0.6 is 11.6 Å². The Morgan fingerprint density at radius 3 is 2.03 bits per heavy atom. The maximum Gasteiger partial charge on any atom is 0.225 e. The molecule has 3 aromatic carbocycles. The third kappa shape index (κ3) is 2.76. The maximum atomic E-state index is 7.49. The van der Waals surface area contributed by atoms with E-state index in [2.05, 4.69) is 32.1 Å². The van der Waals surface area contributed by atoms with E-state index in [-0.39, 0.29) is 0 Å². The highest BCUT2D eigenvalue weighted by molar-refractivity contribution is 6.30. The minimum atomic E-state index is -1.11. The first kappa shape index (κ1) is 19.9. The molecular formula is C27H24ClNO2. The standard InChI is InChI=1S/C27H24ClNO2/c1-25(2)24(20-14-16-22(30-3)17-15-20)29-26(21-12-8-5-9-13-21)18-23(31-27(25,26)28)19-10-6-4-7-11-19/h4-18H,1-3H3/t26-,27+/m1/s1. The van der Waals surface area contributed by atoms with Gasteiger partial charge in [0.15, 0.2) is 5.54 Å². The zero-order valence-electron chi connectivity index (χ0n) is 17.8. The van der Waals surface area contributed by atoms with E-state index in [0.717, 1.165) is 33.9 Å². The highest BCUT2D eigenvalue weighted by Gasteiger charge is 2.70. The number of benzene rings is 3. The molecule has 5 rings (SSSR count). The first-order valence-corrected chi connectivity index (χ1v) is 10.8. The fraction of sp³-hybridized carbons (Fsp3) is 0.222. The number of ether oxygens (including phenoxy) is 2. The van der Waals surface area contributed by atoms with Gasteiger partial charge in [-0.15, -0.1) is 0 Å². The zero-order valence-corrected chi connectivity index (χ0v) is 18.6. The van der Waals surface area contributed by atoms with Gasteiger partial charge in [-0.25, -0.2) is 0 Å². The second-order valence-corrected chi connectivity index (χ2v) is 9.05. The number of nitrogens with zero attached hydrogens (tertiary/aromatic N) is 1. The van der Waals surface area contributed by atoms with Crippen LogP contribution in [0.3, 0.4) is 0 Å². The molecule has 0 spiro atoms. The second-order valence-electron chi connectivity index (χ2n) is 8.52. The summed E-state index contributed by atoms with van der Waals surface area (Å²) in [6, 6.07) is 28.2. The molecule has 0 saturated heterocycles. The Balaban J connectivity index is 1.74. The van der Waals surface area contributed by atoms with Crippen molar-refractivity contribution in [3.8, 4) is 5.75 Å². The summed E-state index contributed by atoms with van der Waals surface area (Å²) >= 11 is 7.49. The average molecular weight is 430 g/mol. The Labute approximate surface area is 188 Å². The van der Waals surface area contributed by atoms with Crippen LogP contribution in [0.5, 0.6) is 5.75 Å². The van der Waals surface area contributed by atoms with Gasteiger partial charge < -0.3 is 9.47 Å². The van der Waals surface area contributed by atoms with Crippen LogP contribution in [0, 0.1) is 5.41 Å². The van der Waals surface area contributed by atoms with Crippen molar-refractivity contribution >= 4 is 23.1 Å². The third-order valence-corrected chi connectivity index (χ3v) is 7.24. The number of hydrogen-bond acceptors (Lipinski definition) is 3. The maximum absolute atomic E-state index is 7.49. The quantitative estimate of drug-likeness (QED) is 0.447. The summed E-state index contributed by atoms with van der Waals surface area (Å²) in [5, 5.41) is -1.11. The van der Waals surface area contributed by atoms with Crippen LogP contribution in [-0.2, 0) is 10.3 Å². The van der Waals surface area contributed by atoms with E-state index in [9.17, 15) is 0 Å². The van der Waals surface area contributed by atoms with Crippen molar-refractivity contribution in [1.29, 1.82) is 0 Å². The van der Waals surface area contributed by atoms with Gasteiger partial charge in [-0.1, -0.05) is 72.3 Å². The average Bonchev–Trinajstić information content (AvgIpc) is 3.21. The lowest BCUT2D eigenvalue weighted by molar-refractivity contribution is 0.0329. The first-order chi connectivity index (χ1) is 14.9. The summed E-state index contributed by atoms with van der Waals surface area (Å²) in [5.41, 5.74) is 2.49. The topological polar surface area (TPSA) is 30.8 Å². The minimum Gasteiger partial charge on any atom is -0.497 e. The van der Waals surface area contributed by atoms with Gasteiger partial charge in [0.1, 0.15) is 11.5 Å². The van der Waals surface area contributed by atoms with Crippen LogP contribution in [0.15, 0.2) is 96.0 Å². The molecule has 2 aliphatic heterocycles. The van der Waals surface area contributed by atoms with Gasteiger partial charge in [-0.3, -0.25) is 4.99 Å². The predicted octanol–water partition coefficient (Wildman–Crippen LogP) is 6.43. The molecule has 0 radical (unpaired) electrons. The summed E-state index contributed by atoms with van der Waals surface area (Å²) in [6.45, 7) is 4.21. The summed E-state index contributed by atoms with van der Waals surface area (Å²) in [4.78, 5) is 5.32. The van der Waals surface area contributed by atoms with Crippen LogP contribution < -0.4 is 4.74 Å². The summed E-state index contributed by atoms with van der Waals surface area (Å²) in [5.74, 6) is 1.56. The molecule has 0 aliphatic carbocycles. The molecule has 0 unspecified atom stereocenters. The number of halogens is 1. The molecule has 2 aliphatic rings. The SMILES string of the molecule is COc1ccc(C2=N[C@@]3(c4ccccc4)C=C(c4ccccc4)O[C@@]3(Cl)C2(C)C)cc1. The Morgan fingerprint density at radius 2 is 1.42 bits per heavy atom. The van der Waals surface area contributed by atoms with E-state index >= 15 is 0 Å². The molecule has 4 heteroatoms. The van der Waals surface area contributed by atoms with Crippen LogP contribution in [0.2, 0.25) is 0 Å². The van der Waals surface area contributed by atoms with Crippen LogP contribution in [0.4, 0.5) is 0 Å². The molecule has 0 amide bonds. The number of fused-ring (bicyclic) bond motifs is 1. The van der Waals surface area contributed by atoms with Crippen molar-refractivity contribution < 1.29 is 9.47 Å². The number of methoxy groups -OCH3 is 1. The molecule has 31 heavy (non-hydrogen) atoms. The molecule has 3 aromatic rings. The lowest BCUT2D eigenvalue weighted by Gasteiger charge is -2.41. The predicted molar refractivity (Wildman–Crippen MR) is 126 cm³/mol. The highest BCUT2D eigenvalue weighted by atomic mass is 35.5. The normalized spacial score (nSPS) is 25.9. The number of alkyl halides is 1. The monoisotopic (exact) mass is 429 g/mol. The van der Waals surface area contributed by atoms with Crippen LogP contribution in [0.25, 0.3) is 5.76 Å². The van der Waals surface area contributed by atoms with Gasteiger partial charge >= 0.3 is 0 Å². The molecular weight excluding hydrogens is 406 g/mol. The fourth-order valence-electron chi connectivity index (χ4n) is 4.66. The van der Waals surface area contributed by atoms with Gasteiger partial charge in [0, 0.05) is 5.56 Å². The first-order valence-electron chi connectivity index (χ1n) is 10.4. The Kier molecular flexibility index (Phi) is 4.49. The summed E-state index contributed by atoms with van der Waals surface area (Å²) in [6.07, 6.45) is 2.09. The third-order valence-electron chi connectivity index (χ3n) is 6.40. The smallest absolute Gasteiger partial charge is 0.225 e.